The summed E-state index contributed by atoms with van der Waals surface area (Å²) >= 11 is 0. The van der Waals surface area contributed by atoms with Gasteiger partial charge in [-0.3, -0.25) is 0 Å². The summed E-state index contributed by atoms with van der Waals surface area (Å²) in [5.74, 6) is 0.00937. The topological polar surface area (TPSA) is 51.0 Å². The van der Waals surface area contributed by atoms with E-state index in [2.05, 4.69) is 15.5 Å². The monoisotopic (exact) mass is 279 g/mol. The van der Waals surface area contributed by atoms with Crippen molar-refractivity contribution < 1.29 is 13.3 Å². The van der Waals surface area contributed by atoms with Crippen LogP contribution in [0.15, 0.2) is 22.7 Å². The first kappa shape index (κ1) is 13.2. The molecular weight excluding hydrogens is 264 g/mol. The average Bonchev–Trinajstić information content (AvgIpc) is 2.91. The smallest absolute Gasteiger partial charge is 0.227 e. The van der Waals surface area contributed by atoms with Crippen LogP contribution in [0, 0.1) is 17.6 Å². The van der Waals surface area contributed by atoms with Crippen molar-refractivity contribution in [1.82, 2.24) is 15.5 Å². The van der Waals surface area contributed by atoms with Gasteiger partial charge in [-0.1, -0.05) is 5.16 Å². The Morgan fingerprint density at radius 2 is 2.05 bits per heavy atom. The van der Waals surface area contributed by atoms with E-state index >= 15 is 0 Å². The van der Waals surface area contributed by atoms with Gasteiger partial charge in [-0.2, -0.15) is 4.98 Å². The lowest BCUT2D eigenvalue weighted by Crippen LogP contribution is -2.28. The highest BCUT2D eigenvalue weighted by molar-refractivity contribution is 5.55. The number of hydrogen-bond acceptors (Lipinski definition) is 4. The number of aromatic nitrogens is 2. The molecule has 1 N–H and O–H groups in total. The fraction of sp³-hybridized carbons (Fsp3) is 0.429. The maximum absolute atomic E-state index is 13.6. The van der Waals surface area contributed by atoms with E-state index < -0.39 is 11.6 Å². The zero-order valence-corrected chi connectivity index (χ0v) is 10.9. The van der Waals surface area contributed by atoms with Gasteiger partial charge in [-0.25, -0.2) is 8.78 Å². The molecule has 106 valence electrons. The number of piperidine rings is 1. The third kappa shape index (κ3) is 2.85. The molecule has 1 aromatic heterocycles. The van der Waals surface area contributed by atoms with Crippen LogP contribution < -0.4 is 5.32 Å². The molecule has 0 saturated carbocycles. The quantitative estimate of drug-likeness (QED) is 0.938. The van der Waals surface area contributed by atoms with Crippen molar-refractivity contribution in [1.29, 1.82) is 0 Å². The lowest BCUT2D eigenvalue weighted by Gasteiger charge is -2.20. The summed E-state index contributed by atoms with van der Waals surface area (Å²) in [6, 6.07) is 3.21. The van der Waals surface area contributed by atoms with Crippen molar-refractivity contribution in [2.45, 2.75) is 19.3 Å². The molecule has 0 radical (unpaired) electrons. The molecule has 0 amide bonds. The van der Waals surface area contributed by atoms with E-state index in [-0.39, 0.29) is 11.4 Å². The Labute approximate surface area is 115 Å². The molecule has 1 aromatic carbocycles. The van der Waals surface area contributed by atoms with E-state index in [1.165, 1.54) is 0 Å². The van der Waals surface area contributed by atoms with Gasteiger partial charge in [-0.05, 0) is 50.0 Å². The Bertz CT molecular complexity index is 594. The first-order valence-corrected chi connectivity index (χ1v) is 6.71. The summed E-state index contributed by atoms with van der Waals surface area (Å²) in [5.41, 5.74) is 0.0327. The molecule has 2 aromatic rings. The summed E-state index contributed by atoms with van der Waals surface area (Å²) in [6.45, 7) is 1.98. The minimum atomic E-state index is -0.555. The first-order chi connectivity index (χ1) is 9.72. The van der Waals surface area contributed by atoms with Crippen LogP contribution in [0.25, 0.3) is 11.4 Å². The van der Waals surface area contributed by atoms with E-state index in [4.69, 9.17) is 4.52 Å². The van der Waals surface area contributed by atoms with E-state index in [0.717, 1.165) is 44.1 Å². The highest BCUT2D eigenvalue weighted by atomic mass is 19.1. The Morgan fingerprint density at radius 1 is 1.25 bits per heavy atom. The maximum atomic E-state index is 13.6. The van der Waals surface area contributed by atoms with Crippen LogP contribution in [0.5, 0.6) is 0 Å². The van der Waals surface area contributed by atoms with Crippen LogP contribution in [0.2, 0.25) is 0 Å². The van der Waals surface area contributed by atoms with Gasteiger partial charge < -0.3 is 9.84 Å². The highest BCUT2D eigenvalue weighted by Gasteiger charge is 2.19. The van der Waals surface area contributed by atoms with Crippen molar-refractivity contribution >= 4 is 0 Å². The van der Waals surface area contributed by atoms with E-state index in [1.807, 2.05) is 0 Å². The van der Waals surface area contributed by atoms with Crippen LogP contribution in [0.1, 0.15) is 18.7 Å². The van der Waals surface area contributed by atoms with Crippen molar-refractivity contribution in [3.63, 3.8) is 0 Å². The third-order valence-electron chi connectivity index (χ3n) is 3.56. The van der Waals surface area contributed by atoms with Gasteiger partial charge in [0.05, 0.1) is 5.56 Å². The predicted octanol–water partition coefficient (Wildman–Crippen LogP) is 2.56. The number of benzene rings is 1. The number of halogens is 2. The van der Waals surface area contributed by atoms with E-state index in [9.17, 15) is 8.78 Å². The highest BCUT2D eigenvalue weighted by Crippen LogP contribution is 2.23. The summed E-state index contributed by atoms with van der Waals surface area (Å²) in [6.07, 6.45) is 2.81. The fourth-order valence-electron chi connectivity index (χ4n) is 2.45. The second-order valence-corrected chi connectivity index (χ2v) is 5.03. The minimum absolute atomic E-state index is 0.0327. The van der Waals surface area contributed by atoms with Gasteiger partial charge in [0, 0.05) is 6.42 Å². The molecule has 0 unspecified atom stereocenters. The third-order valence-corrected chi connectivity index (χ3v) is 3.56. The van der Waals surface area contributed by atoms with Crippen LogP contribution in [-0.4, -0.2) is 23.2 Å². The molecule has 2 heterocycles. The Kier molecular flexibility index (Phi) is 3.73. The minimum Gasteiger partial charge on any atom is -0.339 e. The van der Waals surface area contributed by atoms with Gasteiger partial charge >= 0.3 is 0 Å². The lowest BCUT2D eigenvalue weighted by molar-refractivity contribution is 0.313. The molecule has 4 nitrogen and oxygen atoms in total. The standard InChI is InChI=1S/C14H15F2N3O/c15-10-1-2-12(16)11(8-10)14-18-13(20-19-14)7-9-3-5-17-6-4-9/h1-2,8-9,17H,3-7H2. The summed E-state index contributed by atoms with van der Waals surface area (Å²) in [4.78, 5) is 4.17. The van der Waals surface area contributed by atoms with Crippen LogP contribution >= 0.6 is 0 Å². The lowest BCUT2D eigenvalue weighted by atomic mass is 9.95. The Hall–Kier alpha value is -1.82. The predicted molar refractivity (Wildman–Crippen MR) is 68.9 cm³/mol. The molecule has 20 heavy (non-hydrogen) atoms. The molecule has 0 spiro atoms. The van der Waals surface area contributed by atoms with Gasteiger partial charge in [0.15, 0.2) is 0 Å². The summed E-state index contributed by atoms with van der Waals surface area (Å²) in [5, 5.41) is 7.03. The SMILES string of the molecule is Fc1ccc(F)c(-c2noc(CC3CCNCC3)n2)c1. The van der Waals surface area contributed by atoms with E-state index in [0.29, 0.717) is 18.2 Å². The van der Waals surface area contributed by atoms with E-state index in [1.54, 1.807) is 0 Å². The molecule has 6 heteroatoms. The molecule has 1 aliphatic heterocycles. The molecule has 0 aliphatic carbocycles. The zero-order chi connectivity index (χ0) is 13.9. The van der Waals surface area contributed by atoms with Gasteiger partial charge in [0.2, 0.25) is 11.7 Å². The van der Waals surface area contributed by atoms with Crippen molar-refractivity contribution in [2.24, 2.45) is 5.92 Å². The normalized spacial score (nSPS) is 16.5. The first-order valence-electron chi connectivity index (χ1n) is 6.71. The van der Waals surface area contributed by atoms with Gasteiger partial charge in [0.25, 0.3) is 0 Å². The molecule has 1 fully saturated rings. The zero-order valence-electron chi connectivity index (χ0n) is 10.9. The van der Waals surface area contributed by atoms with Crippen LogP contribution in [0.3, 0.4) is 0 Å². The average molecular weight is 279 g/mol. The number of nitrogens with one attached hydrogen (secondary N) is 1. The summed E-state index contributed by atoms with van der Waals surface area (Å²) in [7, 11) is 0. The molecule has 0 atom stereocenters. The molecule has 1 saturated heterocycles. The van der Waals surface area contributed by atoms with Crippen molar-refractivity contribution in [2.75, 3.05) is 13.1 Å². The molecule has 0 bridgehead atoms. The van der Waals surface area contributed by atoms with Crippen LogP contribution in [0.4, 0.5) is 8.78 Å². The van der Waals surface area contributed by atoms with Gasteiger partial charge in [-0.15, -0.1) is 0 Å². The van der Waals surface area contributed by atoms with Crippen molar-refractivity contribution in [3.8, 4) is 11.4 Å². The number of hydrogen-bond donors (Lipinski definition) is 1. The summed E-state index contributed by atoms with van der Waals surface area (Å²) < 4.78 is 31.9. The molecule has 3 rings (SSSR count). The van der Waals surface area contributed by atoms with Crippen LogP contribution in [-0.2, 0) is 6.42 Å². The largest absolute Gasteiger partial charge is 0.339 e. The fourth-order valence-corrected chi connectivity index (χ4v) is 2.45. The Morgan fingerprint density at radius 3 is 2.85 bits per heavy atom. The van der Waals surface area contributed by atoms with Gasteiger partial charge in [0.1, 0.15) is 11.6 Å². The molecule has 1 aliphatic rings. The van der Waals surface area contributed by atoms with Crippen molar-refractivity contribution in [3.05, 3.63) is 35.7 Å². The molecular formula is C14H15F2N3O. The second kappa shape index (κ2) is 5.66. The maximum Gasteiger partial charge on any atom is 0.227 e. The number of rotatable bonds is 3. The second-order valence-electron chi connectivity index (χ2n) is 5.03. The Balaban J connectivity index is 1.77. The number of nitrogens with zero attached hydrogens (tertiary/aromatic N) is 2.